The van der Waals surface area contributed by atoms with Crippen LogP contribution in [0.3, 0.4) is 0 Å². The molecule has 3 aromatic heterocycles. The number of piperidine rings is 1. The van der Waals surface area contributed by atoms with Crippen molar-refractivity contribution in [3.63, 3.8) is 0 Å². The van der Waals surface area contributed by atoms with Crippen LogP contribution in [0.25, 0.3) is 27.1 Å². The maximum atomic E-state index is 13.2. The normalized spacial score (nSPS) is 15.8. The zero-order valence-electron chi connectivity index (χ0n) is 18.8. The minimum atomic E-state index is -4.54. The number of alkyl halides is 3. The summed E-state index contributed by atoms with van der Waals surface area (Å²) in [7, 11) is 0. The summed E-state index contributed by atoms with van der Waals surface area (Å²) in [4.78, 5) is 32.4. The lowest BCUT2D eigenvalue weighted by Gasteiger charge is -2.35. The highest BCUT2D eigenvalue weighted by molar-refractivity contribution is 5.96. The first kappa shape index (κ1) is 23.5. The summed E-state index contributed by atoms with van der Waals surface area (Å²) in [6, 6.07) is 1.07. The van der Waals surface area contributed by atoms with E-state index in [0.717, 1.165) is 31.5 Å². The fraction of sp³-hybridized carbons (Fsp3) is 0.435. The fourth-order valence-corrected chi connectivity index (χ4v) is 4.42. The van der Waals surface area contributed by atoms with Crippen LogP contribution in [0.4, 0.5) is 24.8 Å². The van der Waals surface area contributed by atoms with Crippen LogP contribution >= 0.6 is 0 Å². The van der Waals surface area contributed by atoms with Crippen LogP contribution < -0.4 is 5.32 Å². The highest BCUT2D eigenvalue weighted by Crippen LogP contribution is 2.37. The SMILES string of the molecule is [C-]#[N+]c1cnc(NC(CC)C2CCN(C(C)=O)CC2)nc1-c1c[nH]c2ncc(C(F)(F)F)cc12. The molecule has 11 heteroatoms. The minimum absolute atomic E-state index is 0.0576. The number of nitrogens with zero attached hydrogens (tertiary/aromatic N) is 5. The number of halogens is 3. The average molecular weight is 471 g/mol. The Morgan fingerprint density at radius 1 is 1.32 bits per heavy atom. The van der Waals surface area contributed by atoms with E-state index in [4.69, 9.17) is 6.57 Å². The Hall–Kier alpha value is -3.68. The van der Waals surface area contributed by atoms with E-state index in [0.29, 0.717) is 30.5 Å². The number of pyridine rings is 1. The average Bonchev–Trinajstić information content (AvgIpc) is 3.25. The number of aromatic nitrogens is 4. The van der Waals surface area contributed by atoms with Crippen LogP contribution in [0.15, 0.2) is 24.7 Å². The van der Waals surface area contributed by atoms with Crippen LogP contribution in [0.2, 0.25) is 0 Å². The first-order valence-corrected chi connectivity index (χ1v) is 11.0. The van der Waals surface area contributed by atoms with Gasteiger partial charge < -0.3 is 15.2 Å². The monoisotopic (exact) mass is 471 g/mol. The Labute approximate surface area is 194 Å². The third-order valence-corrected chi connectivity index (χ3v) is 6.31. The number of rotatable bonds is 5. The smallest absolute Gasteiger partial charge is 0.351 e. The van der Waals surface area contributed by atoms with E-state index in [1.165, 1.54) is 12.4 Å². The topological polar surface area (TPSA) is 91.2 Å². The molecule has 0 spiro atoms. The number of amides is 1. The summed E-state index contributed by atoms with van der Waals surface area (Å²) in [5.74, 6) is 0.696. The molecular weight excluding hydrogens is 447 g/mol. The van der Waals surface area contributed by atoms with Gasteiger partial charge in [-0.05, 0) is 31.2 Å². The van der Waals surface area contributed by atoms with Crippen LogP contribution in [0.1, 0.15) is 38.7 Å². The first-order valence-electron chi connectivity index (χ1n) is 11.0. The zero-order valence-corrected chi connectivity index (χ0v) is 18.8. The molecule has 1 amide bonds. The van der Waals surface area contributed by atoms with Crippen molar-refractivity contribution in [3.8, 4) is 11.3 Å². The molecular formula is C23H24F3N7O. The van der Waals surface area contributed by atoms with Crippen LogP contribution in [-0.4, -0.2) is 49.9 Å². The number of hydrogen-bond acceptors (Lipinski definition) is 5. The molecule has 4 heterocycles. The Balaban J connectivity index is 1.64. The van der Waals surface area contributed by atoms with Gasteiger partial charge in [0, 0.05) is 55.6 Å². The number of anilines is 1. The maximum absolute atomic E-state index is 13.2. The van der Waals surface area contributed by atoms with E-state index < -0.39 is 11.7 Å². The van der Waals surface area contributed by atoms with Crippen LogP contribution in [-0.2, 0) is 11.0 Å². The lowest BCUT2D eigenvalue weighted by molar-refractivity contribution is -0.137. The molecule has 0 aromatic carbocycles. The van der Waals surface area contributed by atoms with Gasteiger partial charge in [0.25, 0.3) is 0 Å². The first-order chi connectivity index (χ1) is 16.2. The summed E-state index contributed by atoms with van der Waals surface area (Å²) < 4.78 is 39.7. The molecule has 0 bridgehead atoms. The summed E-state index contributed by atoms with van der Waals surface area (Å²) in [6.45, 7) is 12.5. The minimum Gasteiger partial charge on any atom is -0.351 e. The van der Waals surface area contributed by atoms with Crippen molar-refractivity contribution < 1.29 is 18.0 Å². The molecule has 1 fully saturated rings. The van der Waals surface area contributed by atoms with Crippen molar-refractivity contribution >= 4 is 28.6 Å². The molecule has 0 aliphatic carbocycles. The zero-order chi connectivity index (χ0) is 24.5. The van der Waals surface area contributed by atoms with Crippen molar-refractivity contribution in [3.05, 3.63) is 41.6 Å². The molecule has 1 aliphatic rings. The number of aromatic amines is 1. The van der Waals surface area contributed by atoms with Crippen molar-refractivity contribution in [2.24, 2.45) is 5.92 Å². The highest BCUT2D eigenvalue weighted by Gasteiger charge is 2.32. The van der Waals surface area contributed by atoms with Crippen molar-refractivity contribution in [1.29, 1.82) is 0 Å². The Kier molecular flexibility index (Phi) is 6.41. The molecule has 0 saturated carbocycles. The molecule has 0 radical (unpaired) electrons. The molecule has 2 N–H and O–H groups in total. The second-order valence-electron chi connectivity index (χ2n) is 8.36. The fourth-order valence-electron chi connectivity index (χ4n) is 4.42. The Morgan fingerprint density at radius 2 is 2.06 bits per heavy atom. The molecule has 1 saturated heterocycles. The van der Waals surface area contributed by atoms with Gasteiger partial charge in [0.1, 0.15) is 5.65 Å². The lowest BCUT2D eigenvalue weighted by Crippen LogP contribution is -2.42. The molecule has 4 rings (SSSR count). The van der Waals surface area contributed by atoms with E-state index in [1.807, 2.05) is 11.8 Å². The predicted molar refractivity (Wildman–Crippen MR) is 121 cm³/mol. The Bertz CT molecular complexity index is 1240. The summed E-state index contributed by atoms with van der Waals surface area (Å²) >= 11 is 0. The van der Waals surface area contributed by atoms with Gasteiger partial charge in [-0.1, -0.05) is 6.92 Å². The van der Waals surface area contributed by atoms with Gasteiger partial charge in [-0.25, -0.2) is 19.8 Å². The summed E-state index contributed by atoms with van der Waals surface area (Å²) in [5.41, 5.74) is 0.122. The number of H-pyrrole nitrogens is 1. The lowest BCUT2D eigenvalue weighted by atomic mass is 9.88. The second kappa shape index (κ2) is 9.29. The van der Waals surface area contributed by atoms with E-state index in [1.54, 1.807) is 6.92 Å². The molecule has 1 atom stereocenters. The number of hydrogen-bond donors (Lipinski definition) is 2. The molecule has 34 heavy (non-hydrogen) atoms. The third-order valence-electron chi connectivity index (χ3n) is 6.31. The number of carbonyl (C=O) groups excluding carboxylic acids is 1. The van der Waals surface area contributed by atoms with Gasteiger partial charge in [0.15, 0.2) is 0 Å². The standard InChI is InChI=1S/C23H24F3N7O/c1-4-18(14-5-7-33(8-6-14)13(2)34)31-22-30-12-19(27-3)20(32-22)17-11-29-21-16(17)9-15(10-28-21)23(24,25)26/h9-12,14,18H,4-8H2,1-2H3,(H,28,29)(H,30,31,32). The molecule has 178 valence electrons. The summed E-state index contributed by atoms with van der Waals surface area (Å²) in [6.07, 6.45) is 1.63. The molecule has 8 nitrogen and oxygen atoms in total. The van der Waals surface area contributed by atoms with E-state index in [2.05, 4.69) is 30.1 Å². The predicted octanol–water partition coefficient (Wildman–Crippen LogP) is 5.04. The van der Waals surface area contributed by atoms with Gasteiger partial charge in [-0.2, -0.15) is 13.2 Å². The number of nitrogens with one attached hydrogen (secondary N) is 2. The molecule has 3 aromatic rings. The van der Waals surface area contributed by atoms with Gasteiger partial charge in [0.2, 0.25) is 17.5 Å². The highest BCUT2D eigenvalue weighted by atomic mass is 19.4. The van der Waals surface area contributed by atoms with Gasteiger partial charge in [-0.15, -0.1) is 0 Å². The van der Waals surface area contributed by atoms with Gasteiger partial charge >= 0.3 is 6.18 Å². The van der Waals surface area contributed by atoms with Crippen molar-refractivity contribution in [1.82, 2.24) is 24.8 Å². The Morgan fingerprint density at radius 3 is 2.68 bits per heavy atom. The number of likely N-dealkylation sites (tertiary alicyclic amines) is 1. The van der Waals surface area contributed by atoms with E-state index in [-0.39, 0.29) is 34.4 Å². The number of carbonyl (C=O) groups is 1. The van der Waals surface area contributed by atoms with Crippen molar-refractivity contribution in [2.75, 3.05) is 18.4 Å². The largest absolute Gasteiger partial charge is 0.417 e. The van der Waals surface area contributed by atoms with E-state index >= 15 is 0 Å². The molecule has 1 unspecified atom stereocenters. The van der Waals surface area contributed by atoms with E-state index in [9.17, 15) is 18.0 Å². The maximum Gasteiger partial charge on any atom is 0.417 e. The summed E-state index contributed by atoms with van der Waals surface area (Å²) in [5, 5.41) is 3.58. The quantitative estimate of drug-likeness (QED) is 0.509. The second-order valence-corrected chi connectivity index (χ2v) is 8.36. The molecule has 1 aliphatic heterocycles. The van der Waals surface area contributed by atoms with Gasteiger partial charge in [0.05, 0.1) is 17.8 Å². The van der Waals surface area contributed by atoms with Crippen LogP contribution in [0.5, 0.6) is 0 Å². The number of fused-ring (bicyclic) bond motifs is 1. The van der Waals surface area contributed by atoms with Crippen LogP contribution in [0, 0.1) is 12.5 Å². The third kappa shape index (κ3) is 4.66. The van der Waals surface area contributed by atoms with Gasteiger partial charge in [-0.3, -0.25) is 4.79 Å². The van der Waals surface area contributed by atoms with Crippen molar-refractivity contribution in [2.45, 2.75) is 45.3 Å².